The van der Waals surface area contributed by atoms with E-state index in [4.69, 9.17) is 0 Å². The van der Waals surface area contributed by atoms with Crippen LogP contribution < -0.4 is 4.90 Å². The number of hydrogen-bond donors (Lipinski definition) is 1. The summed E-state index contributed by atoms with van der Waals surface area (Å²) < 4.78 is 0. The number of hydrogen-bond acceptors (Lipinski definition) is 3. The number of H-pyrrole nitrogens is 1. The van der Waals surface area contributed by atoms with E-state index in [2.05, 4.69) is 26.9 Å². The number of para-hydroxylation sites is 2. The highest BCUT2D eigenvalue weighted by molar-refractivity contribution is 5.77. The molecule has 0 unspecified atom stereocenters. The fourth-order valence-corrected chi connectivity index (χ4v) is 2.07. The summed E-state index contributed by atoms with van der Waals surface area (Å²) in [5.74, 6) is 0.912. The van der Waals surface area contributed by atoms with Crippen LogP contribution in [0.2, 0.25) is 0 Å². The minimum Gasteiger partial charge on any atom is -0.345 e. The molecule has 0 spiro atoms. The van der Waals surface area contributed by atoms with Crippen molar-refractivity contribution in [2.24, 2.45) is 0 Å². The molecule has 19 heavy (non-hydrogen) atoms. The molecule has 0 saturated carbocycles. The van der Waals surface area contributed by atoms with Crippen molar-refractivity contribution < 1.29 is 0 Å². The number of anilines is 1. The van der Waals surface area contributed by atoms with E-state index in [1.807, 2.05) is 48.8 Å². The van der Waals surface area contributed by atoms with Crippen molar-refractivity contribution in [3.63, 3.8) is 0 Å². The summed E-state index contributed by atoms with van der Waals surface area (Å²) in [6, 6.07) is 12.2. The zero-order valence-corrected chi connectivity index (χ0v) is 10.9. The van der Waals surface area contributed by atoms with Crippen molar-refractivity contribution in [3.05, 3.63) is 54.4 Å². The second-order valence-electron chi connectivity index (χ2n) is 4.60. The Kier molecular flexibility index (Phi) is 3.14. The van der Waals surface area contributed by atoms with Crippen LogP contribution in [0.5, 0.6) is 0 Å². The summed E-state index contributed by atoms with van der Waals surface area (Å²) in [4.78, 5) is 14.1. The summed E-state index contributed by atoms with van der Waals surface area (Å²) in [5.41, 5.74) is 3.37. The van der Waals surface area contributed by atoms with Gasteiger partial charge in [-0.3, -0.25) is 4.98 Å². The third-order valence-corrected chi connectivity index (χ3v) is 3.22. The van der Waals surface area contributed by atoms with E-state index in [1.54, 1.807) is 0 Å². The molecule has 0 fully saturated rings. The van der Waals surface area contributed by atoms with Crippen molar-refractivity contribution in [2.45, 2.75) is 6.42 Å². The van der Waals surface area contributed by atoms with Crippen LogP contribution in [-0.4, -0.2) is 28.5 Å². The van der Waals surface area contributed by atoms with E-state index in [9.17, 15) is 0 Å². The fourth-order valence-electron chi connectivity index (χ4n) is 2.07. The minimum absolute atomic E-state index is 0.912. The third-order valence-electron chi connectivity index (χ3n) is 3.22. The van der Waals surface area contributed by atoms with Crippen molar-refractivity contribution in [3.8, 4) is 0 Å². The summed E-state index contributed by atoms with van der Waals surface area (Å²) in [6.45, 7) is 0.920. The van der Waals surface area contributed by atoms with Gasteiger partial charge in [-0.25, -0.2) is 4.98 Å². The molecule has 0 atom stereocenters. The molecule has 0 saturated heterocycles. The van der Waals surface area contributed by atoms with E-state index in [0.717, 1.165) is 29.9 Å². The summed E-state index contributed by atoms with van der Waals surface area (Å²) in [6.07, 6.45) is 4.64. The van der Waals surface area contributed by atoms with Crippen molar-refractivity contribution >= 4 is 17.0 Å². The Labute approximate surface area is 112 Å². The number of aromatic nitrogens is 3. The Morgan fingerprint density at radius 1 is 1.11 bits per heavy atom. The number of likely N-dealkylation sites (N-methyl/N-ethyl adjacent to an activating group) is 1. The summed E-state index contributed by atoms with van der Waals surface area (Å²) in [5, 5.41) is 0. The molecule has 0 aliphatic carbocycles. The maximum Gasteiger partial charge on any atom is 0.203 e. The molecule has 96 valence electrons. The molecule has 3 rings (SSSR count). The Hall–Kier alpha value is -2.36. The lowest BCUT2D eigenvalue weighted by molar-refractivity contribution is 0.849. The van der Waals surface area contributed by atoms with Gasteiger partial charge < -0.3 is 9.88 Å². The highest BCUT2D eigenvalue weighted by Crippen LogP contribution is 2.16. The largest absolute Gasteiger partial charge is 0.345 e. The molecule has 3 aromatic rings. The van der Waals surface area contributed by atoms with Crippen LogP contribution in [0.15, 0.2) is 48.8 Å². The van der Waals surface area contributed by atoms with Gasteiger partial charge in [0.2, 0.25) is 5.95 Å². The lowest BCUT2D eigenvalue weighted by Crippen LogP contribution is -2.21. The van der Waals surface area contributed by atoms with Gasteiger partial charge in [-0.1, -0.05) is 12.1 Å². The highest BCUT2D eigenvalue weighted by Gasteiger charge is 2.06. The van der Waals surface area contributed by atoms with E-state index >= 15 is 0 Å². The Morgan fingerprint density at radius 2 is 1.89 bits per heavy atom. The normalized spacial score (nSPS) is 10.8. The second kappa shape index (κ2) is 5.10. The average Bonchev–Trinajstić information content (AvgIpc) is 2.90. The smallest absolute Gasteiger partial charge is 0.203 e. The zero-order valence-electron chi connectivity index (χ0n) is 10.9. The van der Waals surface area contributed by atoms with Gasteiger partial charge in [0.05, 0.1) is 11.0 Å². The topological polar surface area (TPSA) is 44.8 Å². The summed E-state index contributed by atoms with van der Waals surface area (Å²) >= 11 is 0. The van der Waals surface area contributed by atoms with Gasteiger partial charge in [0.25, 0.3) is 0 Å². The first-order valence-electron chi connectivity index (χ1n) is 6.38. The molecule has 1 aromatic carbocycles. The predicted octanol–water partition coefficient (Wildman–Crippen LogP) is 2.64. The third kappa shape index (κ3) is 2.57. The van der Waals surface area contributed by atoms with Gasteiger partial charge in [0.15, 0.2) is 0 Å². The van der Waals surface area contributed by atoms with Crippen molar-refractivity contribution in [1.29, 1.82) is 0 Å². The van der Waals surface area contributed by atoms with Gasteiger partial charge in [-0.15, -0.1) is 0 Å². The van der Waals surface area contributed by atoms with Crippen LogP contribution in [0.3, 0.4) is 0 Å². The van der Waals surface area contributed by atoms with Gasteiger partial charge >= 0.3 is 0 Å². The molecule has 1 N–H and O–H groups in total. The van der Waals surface area contributed by atoms with Gasteiger partial charge in [0.1, 0.15) is 0 Å². The molecule has 0 amide bonds. The highest BCUT2D eigenvalue weighted by atomic mass is 15.2. The van der Waals surface area contributed by atoms with Crippen LogP contribution in [0.25, 0.3) is 11.0 Å². The summed E-state index contributed by atoms with van der Waals surface area (Å²) in [7, 11) is 2.05. The van der Waals surface area contributed by atoms with E-state index in [1.165, 1.54) is 5.56 Å². The Balaban J connectivity index is 1.71. The Bertz CT molecular complexity index is 627. The molecule has 4 nitrogen and oxygen atoms in total. The number of imidazole rings is 1. The van der Waals surface area contributed by atoms with Crippen LogP contribution in [0.1, 0.15) is 5.56 Å². The molecule has 0 aliphatic rings. The first kappa shape index (κ1) is 11.7. The number of rotatable bonds is 4. The first-order valence-corrected chi connectivity index (χ1v) is 6.38. The maximum atomic E-state index is 4.58. The van der Waals surface area contributed by atoms with E-state index in [-0.39, 0.29) is 0 Å². The molecular formula is C15H16N4. The van der Waals surface area contributed by atoms with E-state index in [0.29, 0.717) is 0 Å². The van der Waals surface area contributed by atoms with Crippen molar-refractivity contribution in [2.75, 3.05) is 18.5 Å². The van der Waals surface area contributed by atoms with Crippen LogP contribution in [0.4, 0.5) is 5.95 Å². The SMILES string of the molecule is CN(CCc1ccncc1)c1nc2ccccc2[nH]1. The standard InChI is InChI=1S/C15H16N4/c1-19(11-8-12-6-9-16-10-7-12)15-17-13-4-2-3-5-14(13)18-15/h2-7,9-10H,8,11H2,1H3,(H,17,18). The molecule has 4 heteroatoms. The second-order valence-corrected chi connectivity index (χ2v) is 4.60. The molecular weight excluding hydrogens is 236 g/mol. The number of fused-ring (bicyclic) bond motifs is 1. The average molecular weight is 252 g/mol. The lowest BCUT2D eigenvalue weighted by atomic mass is 10.2. The van der Waals surface area contributed by atoms with Gasteiger partial charge in [-0.05, 0) is 36.2 Å². The van der Waals surface area contributed by atoms with Gasteiger partial charge in [-0.2, -0.15) is 0 Å². The van der Waals surface area contributed by atoms with E-state index < -0.39 is 0 Å². The zero-order chi connectivity index (χ0) is 13.1. The van der Waals surface area contributed by atoms with Gasteiger partial charge in [0, 0.05) is 26.0 Å². The molecule has 0 bridgehead atoms. The molecule has 2 aromatic heterocycles. The fraction of sp³-hybridized carbons (Fsp3) is 0.200. The first-order chi connectivity index (χ1) is 9.33. The predicted molar refractivity (Wildman–Crippen MR) is 77.3 cm³/mol. The number of nitrogens with zero attached hydrogens (tertiary/aromatic N) is 3. The van der Waals surface area contributed by atoms with Crippen LogP contribution >= 0.6 is 0 Å². The van der Waals surface area contributed by atoms with Crippen LogP contribution in [0, 0.1) is 0 Å². The number of nitrogens with one attached hydrogen (secondary N) is 1. The molecule has 0 radical (unpaired) electrons. The number of aromatic amines is 1. The number of benzene rings is 1. The lowest BCUT2D eigenvalue weighted by Gasteiger charge is -2.15. The molecule has 0 aliphatic heterocycles. The monoisotopic (exact) mass is 252 g/mol. The quantitative estimate of drug-likeness (QED) is 0.776. The number of pyridine rings is 1. The van der Waals surface area contributed by atoms with Crippen LogP contribution in [-0.2, 0) is 6.42 Å². The molecule has 2 heterocycles. The maximum absolute atomic E-state index is 4.58. The minimum atomic E-state index is 0.912. The Morgan fingerprint density at radius 3 is 2.68 bits per heavy atom. The van der Waals surface area contributed by atoms with Crippen molar-refractivity contribution in [1.82, 2.24) is 15.0 Å².